The van der Waals surface area contributed by atoms with E-state index in [2.05, 4.69) is 5.32 Å². The summed E-state index contributed by atoms with van der Waals surface area (Å²) in [6, 6.07) is 0.231. The fourth-order valence-electron chi connectivity index (χ4n) is 2.56. The van der Waals surface area contributed by atoms with E-state index in [1.807, 2.05) is 18.4 Å². The van der Waals surface area contributed by atoms with Gasteiger partial charge >= 0.3 is 6.03 Å². The van der Waals surface area contributed by atoms with Gasteiger partial charge in [0.1, 0.15) is 0 Å². The number of quaternary nitrogens is 1. The van der Waals surface area contributed by atoms with E-state index >= 15 is 0 Å². The Bertz CT molecular complexity index is 256. The maximum absolute atomic E-state index is 12.0. The molecule has 0 bridgehead atoms. The van der Waals surface area contributed by atoms with Gasteiger partial charge in [-0.2, -0.15) is 0 Å². The van der Waals surface area contributed by atoms with Crippen LogP contribution in [-0.2, 0) is 0 Å². The molecule has 2 atom stereocenters. The van der Waals surface area contributed by atoms with Crippen molar-refractivity contribution in [3.63, 3.8) is 0 Å². The molecule has 2 amide bonds. The highest BCUT2D eigenvalue weighted by molar-refractivity contribution is 7.98. The maximum Gasteiger partial charge on any atom is 0.429 e. The highest BCUT2D eigenvalue weighted by Crippen LogP contribution is 2.27. The molecular formula is C11H22N3OS+. The molecule has 2 unspecified atom stereocenters. The lowest BCUT2D eigenvalue weighted by Gasteiger charge is -2.24. The second-order valence-electron chi connectivity index (χ2n) is 4.83. The van der Waals surface area contributed by atoms with Crippen molar-refractivity contribution < 1.29 is 9.69 Å². The van der Waals surface area contributed by atoms with Crippen molar-refractivity contribution in [2.24, 2.45) is 5.92 Å². The smallest absolute Gasteiger partial charge is 0.260 e. The predicted octanol–water partition coefficient (Wildman–Crippen LogP) is 0.668. The minimum absolute atomic E-state index is 0.191. The lowest BCUT2D eigenvalue weighted by atomic mass is 9.89. The van der Waals surface area contributed by atoms with Crippen molar-refractivity contribution in [2.75, 3.05) is 20.6 Å². The Balaban J connectivity index is 1.87. The van der Waals surface area contributed by atoms with Crippen LogP contribution < -0.4 is 10.2 Å². The zero-order valence-corrected chi connectivity index (χ0v) is 11.0. The van der Waals surface area contributed by atoms with Gasteiger partial charge in [0, 0.05) is 18.5 Å². The first-order chi connectivity index (χ1) is 7.72. The molecular weight excluding hydrogens is 222 g/mol. The summed E-state index contributed by atoms with van der Waals surface area (Å²) in [7, 11) is 3.86. The molecule has 0 spiro atoms. The third-order valence-electron chi connectivity index (χ3n) is 3.60. The van der Waals surface area contributed by atoms with Crippen LogP contribution in [0.4, 0.5) is 4.79 Å². The molecule has 2 N–H and O–H groups in total. The Hall–Kier alpha value is -0.260. The average molecular weight is 244 g/mol. The van der Waals surface area contributed by atoms with Crippen LogP contribution in [0, 0.1) is 5.92 Å². The van der Waals surface area contributed by atoms with Gasteiger partial charge in [0.25, 0.3) is 0 Å². The monoisotopic (exact) mass is 244 g/mol. The Morgan fingerprint density at radius 2 is 2.12 bits per heavy atom. The van der Waals surface area contributed by atoms with Crippen LogP contribution in [0.25, 0.3) is 0 Å². The molecule has 1 aliphatic heterocycles. The van der Waals surface area contributed by atoms with Crippen LogP contribution in [0.15, 0.2) is 0 Å². The van der Waals surface area contributed by atoms with Crippen molar-refractivity contribution in [2.45, 2.75) is 37.6 Å². The fourth-order valence-corrected chi connectivity index (χ4v) is 3.72. The van der Waals surface area contributed by atoms with Crippen LogP contribution in [-0.4, -0.2) is 36.5 Å². The highest BCUT2D eigenvalue weighted by Gasteiger charge is 2.41. The summed E-state index contributed by atoms with van der Waals surface area (Å²) in [5.74, 6) is 0.730. The number of hydrogen-bond donors (Lipinski definition) is 2. The summed E-state index contributed by atoms with van der Waals surface area (Å²) in [6.07, 6.45) is 6.66. The van der Waals surface area contributed by atoms with Crippen LogP contribution in [0.2, 0.25) is 0 Å². The Morgan fingerprint density at radius 1 is 1.44 bits per heavy atom. The van der Waals surface area contributed by atoms with Crippen molar-refractivity contribution >= 4 is 18.0 Å². The molecule has 1 aliphatic carbocycles. The first-order valence-corrected chi connectivity index (χ1v) is 7.05. The third-order valence-corrected chi connectivity index (χ3v) is 4.97. The lowest BCUT2D eigenvalue weighted by molar-refractivity contribution is -0.805. The average Bonchev–Trinajstić information content (AvgIpc) is 2.58. The summed E-state index contributed by atoms with van der Waals surface area (Å²) < 4.78 is 1.96. The standard InChI is InChI=1S/C11H21N3OS/c1-12-10-13(2)11(15)14(16-10)8-9-6-4-3-5-7-9/h9-10,12H,3-8H2,1-2H3/p+1. The van der Waals surface area contributed by atoms with E-state index in [-0.39, 0.29) is 11.5 Å². The number of nitrogens with one attached hydrogen (secondary N) is 2. The number of amides is 2. The molecule has 0 aromatic heterocycles. The fraction of sp³-hybridized carbons (Fsp3) is 0.909. The van der Waals surface area contributed by atoms with Gasteiger partial charge in [-0.05, 0) is 25.8 Å². The van der Waals surface area contributed by atoms with Gasteiger partial charge in [0.15, 0.2) is 0 Å². The summed E-state index contributed by atoms with van der Waals surface area (Å²) >= 11 is 1.66. The number of nitrogens with zero attached hydrogens (tertiary/aromatic N) is 1. The molecule has 92 valence electrons. The summed E-state index contributed by atoms with van der Waals surface area (Å²) in [5, 5.41) is 3.17. The quantitative estimate of drug-likeness (QED) is 0.717. The highest BCUT2D eigenvalue weighted by atomic mass is 32.2. The van der Waals surface area contributed by atoms with Crippen molar-refractivity contribution in [1.82, 2.24) is 9.62 Å². The minimum atomic E-state index is 0.191. The molecule has 16 heavy (non-hydrogen) atoms. The molecule has 2 fully saturated rings. The van der Waals surface area contributed by atoms with Crippen LogP contribution >= 0.6 is 11.9 Å². The largest absolute Gasteiger partial charge is 0.429 e. The Kier molecular flexibility index (Phi) is 4.10. The third kappa shape index (κ3) is 2.52. The first kappa shape index (κ1) is 12.2. The molecule has 1 saturated carbocycles. The van der Waals surface area contributed by atoms with Crippen LogP contribution in [0.5, 0.6) is 0 Å². The van der Waals surface area contributed by atoms with Gasteiger partial charge in [-0.3, -0.25) is 5.32 Å². The first-order valence-electron chi connectivity index (χ1n) is 6.21. The van der Waals surface area contributed by atoms with E-state index < -0.39 is 0 Å². The molecule has 4 nitrogen and oxygen atoms in total. The molecule has 2 rings (SSSR count). The molecule has 1 saturated heterocycles. The van der Waals surface area contributed by atoms with Crippen molar-refractivity contribution in [3.8, 4) is 0 Å². The molecule has 1 heterocycles. The maximum atomic E-state index is 12.0. The van der Waals surface area contributed by atoms with E-state index in [9.17, 15) is 4.79 Å². The van der Waals surface area contributed by atoms with E-state index in [4.69, 9.17) is 0 Å². The van der Waals surface area contributed by atoms with Gasteiger partial charge in [-0.25, -0.2) is 14.0 Å². The molecule has 2 aliphatic rings. The van der Waals surface area contributed by atoms with Crippen LogP contribution in [0.3, 0.4) is 0 Å². The number of urea groups is 1. The lowest BCUT2D eigenvalue weighted by Crippen LogP contribution is -3.14. The second kappa shape index (κ2) is 5.38. The molecule has 0 aromatic carbocycles. The van der Waals surface area contributed by atoms with E-state index in [0.717, 1.165) is 17.4 Å². The van der Waals surface area contributed by atoms with Gasteiger partial charge in [0.05, 0.1) is 7.05 Å². The van der Waals surface area contributed by atoms with E-state index in [0.29, 0.717) is 0 Å². The number of hydrogen-bond acceptors (Lipinski definition) is 3. The number of rotatable bonds is 3. The van der Waals surface area contributed by atoms with Gasteiger partial charge in [-0.1, -0.05) is 19.3 Å². The van der Waals surface area contributed by atoms with E-state index in [1.165, 1.54) is 32.1 Å². The van der Waals surface area contributed by atoms with Gasteiger partial charge in [-0.15, -0.1) is 0 Å². The van der Waals surface area contributed by atoms with Crippen molar-refractivity contribution in [3.05, 3.63) is 0 Å². The van der Waals surface area contributed by atoms with Crippen molar-refractivity contribution in [1.29, 1.82) is 0 Å². The molecule has 0 radical (unpaired) electrons. The Morgan fingerprint density at radius 3 is 2.69 bits per heavy atom. The summed E-state index contributed by atoms with van der Waals surface area (Å²) in [5.41, 5.74) is 0.191. The molecule has 0 aromatic rings. The predicted molar refractivity (Wildman–Crippen MR) is 66.0 cm³/mol. The molecule has 5 heteroatoms. The van der Waals surface area contributed by atoms with Gasteiger partial charge in [0.2, 0.25) is 5.50 Å². The second-order valence-corrected chi connectivity index (χ2v) is 5.95. The summed E-state index contributed by atoms with van der Waals surface area (Å²) in [6.45, 7) is 0.943. The minimum Gasteiger partial charge on any atom is -0.260 e. The van der Waals surface area contributed by atoms with E-state index in [1.54, 1.807) is 11.9 Å². The summed E-state index contributed by atoms with van der Waals surface area (Å²) in [4.78, 5) is 12.9. The number of carbonyl (C=O) groups is 1. The zero-order chi connectivity index (χ0) is 11.5. The normalized spacial score (nSPS) is 32.4. The zero-order valence-electron chi connectivity index (χ0n) is 10.2. The van der Waals surface area contributed by atoms with Gasteiger partial charge < -0.3 is 0 Å². The SMILES string of the molecule is CNC1SN(CC2CCCCC2)C(=O)[NH+]1C. The van der Waals surface area contributed by atoms with Crippen LogP contribution in [0.1, 0.15) is 32.1 Å². The number of carbonyl (C=O) groups excluding carboxylic acids is 1. The topological polar surface area (TPSA) is 36.8 Å². The Labute approximate surface area is 102 Å².